The van der Waals surface area contributed by atoms with Gasteiger partial charge in [0, 0.05) is 46.8 Å². The van der Waals surface area contributed by atoms with Crippen molar-refractivity contribution in [2.75, 3.05) is 20.3 Å². The summed E-state index contributed by atoms with van der Waals surface area (Å²) >= 11 is 0. The van der Waals surface area contributed by atoms with Gasteiger partial charge in [0.1, 0.15) is 0 Å². The van der Waals surface area contributed by atoms with Crippen LogP contribution in [0.5, 0.6) is 11.5 Å². The van der Waals surface area contributed by atoms with Gasteiger partial charge >= 0.3 is 18.2 Å². The molecule has 10 nitrogen and oxygen atoms in total. The highest BCUT2D eigenvalue weighted by Gasteiger charge is 2.41. The fourth-order valence-corrected chi connectivity index (χ4v) is 6.38. The molecule has 0 spiro atoms. The SMILES string of the molecule is COc1cc(C(=O)C2OC(=O)C=CC(=O)O2)ccc1OCCCCN1C2CCC1CC(c1[nH]nc3ccccc13)C2. The van der Waals surface area contributed by atoms with Crippen molar-refractivity contribution in [2.45, 2.75) is 62.8 Å². The summed E-state index contributed by atoms with van der Waals surface area (Å²) in [6.07, 6.45) is 6.93. The fourth-order valence-electron chi connectivity index (χ4n) is 6.38. The number of nitrogens with zero attached hydrogens (tertiary/aromatic N) is 2. The Balaban J connectivity index is 0.989. The zero-order valence-corrected chi connectivity index (χ0v) is 22.9. The Kier molecular flexibility index (Phi) is 7.74. The summed E-state index contributed by atoms with van der Waals surface area (Å²) in [4.78, 5) is 38.7. The number of nitrogens with one attached hydrogen (secondary N) is 1. The van der Waals surface area contributed by atoms with Crippen molar-refractivity contribution < 1.29 is 33.3 Å². The summed E-state index contributed by atoms with van der Waals surface area (Å²) in [5.41, 5.74) is 2.51. The summed E-state index contributed by atoms with van der Waals surface area (Å²) < 4.78 is 21.2. The summed E-state index contributed by atoms with van der Waals surface area (Å²) in [6, 6.07) is 14.2. The number of cyclic esters (lactones) is 2. The normalized spacial score (nSPS) is 22.8. The Labute approximate surface area is 237 Å². The van der Waals surface area contributed by atoms with Crippen LogP contribution < -0.4 is 9.47 Å². The quantitative estimate of drug-likeness (QED) is 0.220. The molecule has 3 aromatic rings. The number of hydrogen-bond acceptors (Lipinski definition) is 9. The molecule has 6 rings (SSSR count). The second-order valence-corrected chi connectivity index (χ2v) is 10.8. The molecular weight excluding hydrogens is 526 g/mol. The number of para-hydroxylation sites is 1. The third-order valence-corrected chi connectivity index (χ3v) is 8.32. The molecule has 0 amide bonds. The summed E-state index contributed by atoms with van der Waals surface area (Å²) in [5.74, 6) is -0.922. The minimum absolute atomic E-state index is 0.170. The fraction of sp³-hybridized carbons (Fsp3) is 0.419. The number of Topliss-reactive ketones (excluding diaryl/α,β-unsaturated/α-hetero) is 1. The first-order chi connectivity index (χ1) is 20.0. The average Bonchev–Trinajstić information content (AvgIpc) is 3.45. The maximum atomic E-state index is 12.8. The lowest BCUT2D eigenvalue weighted by atomic mass is 9.86. The molecule has 4 heterocycles. The summed E-state index contributed by atoms with van der Waals surface area (Å²) in [7, 11) is 1.48. The molecule has 41 heavy (non-hydrogen) atoms. The number of ketones is 1. The van der Waals surface area contributed by atoms with Crippen LogP contribution in [0, 0.1) is 0 Å². The van der Waals surface area contributed by atoms with E-state index in [0.717, 1.165) is 49.9 Å². The first-order valence-corrected chi connectivity index (χ1v) is 14.1. The molecule has 3 aliphatic heterocycles. The molecule has 2 atom stereocenters. The lowest BCUT2D eigenvalue weighted by molar-refractivity contribution is -0.169. The number of fused-ring (bicyclic) bond motifs is 3. The van der Waals surface area contributed by atoms with Crippen molar-refractivity contribution in [3.8, 4) is 11.5 Å². The van der Waals surface area contributed by atoms with Crippen LogP contribution in [0.2, 0.25) is 0 Å². The number of carbonyl (C=O) groups is 3. The Hall–Kier alpha value is -4.18. The molecule has 0 aliphatic carbocycles. The molecule has 0 radical (unpaired) electrons. The van der Waals surface area contributed by atoms with Crippen LogP contribution in [-0.4, -0.2) is 71.5 Å². The van der Waals surface area contributed by atoms with E-state index in [9.17, 15) is 14.4 Å². The number of methoxy groups -OCH3 is 1. The van der Waals surface area contributed by atoms with Gasteiger partial charge in [-0.2, -0.15) is 5.10 Å². The number of unbranched alkanes of at least 4 members (excludes halogenated alkanes) is 1. The van der Waals surface area contributed by atoms with Crippen molar-refractivity contribution in [1.82, 2.24) is 15.1 Å². The molecule has 2 bridgehead atoms. The van der Waals surface area contributed by atoms with E-state index in [1.807, 2.05) is 6.07 Å². The van der Waals surface area contributed by atoms with E-state index in [2.05, 4.69) is 33.3 Å². The van der Waals surface area contributed by atoms with Crippen molar-refractivity contribution in [3.05, 3.63) is 65.9 Å². The van der Waals surface area contributed by atoms with Crippen molar-refractivity contribution in [3.63, 3.8) is 0 Å². The van der Waals surface area contributed by atoms with Gasteiger partial charge in [-0.3, -0.25) is 14.8 Å². The van der Waals surface area contributed by atoms with Gasteiger partial charge in [0.15, 0.2) is 11.5 Å². The van der Waals surface area contributed by atoms with Crippen LogP contribution in [0.1, 0.15) is 60.5 Å². The van der Waals surface area contributed by atoms with Gasteiger partial charge in [0.2, 0.25) is 5.78 Å². The van der Waals surface area contributed by atoms with E-state index in [0.29, 0.717) is 36.1 Å². The molecular formula is C31H33N3O7. The van der Waals surface area contributed by atoms with Gasteiger partial charge in [-0.15, -0.1) is 0 Å². The van der Waals surface area contributed by atoms with E-state index in [1.165, 1.54) is 43.2 Å². The van der Waals surface area contributed by atoms with Crippen LogP contribution in [-0.2, 0) is 19.1 Å². The molecule has 214 valence electrons. The Morgan fingerprint density at radius 3 is 2.46 bits per heavy atom. The van der Waals surface area contributed by atoms with Gasteiger partial charge in [-0.05, 0) is 69.3 Å². The second-order valence-electron chi connectivity index (χ2n) is 10.8. The standard InChI is InChI=1S/C31H33N3O7/c1-38-26-18-19(30(37)31-40-27(35)12-13-28(36)41-31)8-11-25(26)39-15-5-4-14-34-21-9-10-22(34)17-20(16-21)29-23-6-2-3-7-24(23)32-33-29/h2-3,6-8,11-13,18,20-22,31H,4-5,9-10,14-17H2,1H3,(H,32,33). The topological polar surface area (TPSA) is 120 Å². The molecule has 1 aromatic heterocycles. The number of aromatic nitrogens is 2. The monoisotopic (exact) mass is 559 g/mol. The number of ether oxygens (including phenoxy) is 4. The van der Waals surface area contributed by atoms with E-state index < -0.39 is 24.0 Å². The molecule has 2 saturated heterocycles. The number of rotatable bonds is 10. The zero-order chi connectivity index (χ0) is 28.3. The highest BCUT2D eigenvalue weighted by molar-refractivity contribution is 6.03. The summed E-state index contributed by atoms with van der Waals surface area (Å²) in [6.45, 7) is 1.56. The molecule has 2 fully saturated rings. The van der Waals surface area contributed by atoms with Crippen LogP contribution in [0.3, 0.4) is 0 Å². The lowest BCUT2D eigenvalue weighted by Gasteiger charge is -2.38. The third-order valence-electron chi connectivity index (χ3n) is 8.32. The average molecular weight is 560 g/mol. The number of aromatic amines is 1. The number of esters is 2. The van der Waals surface area contributed by atoms with Crippen LogP contribution in [0.15, 0.2) is 54.6 Å². The number of hydrogen-bond donors (Lipinski definition) is 1. The molecule has 3 aliphatic rings. The number of piperidine rings is 1. The maximum Gasteiger partial charge on any atom is 0.334 e. The molecule has 2 unspecified atom stereocenters. The number of carbonyl (C=O) groups excluding carboxylic acids is 3. The zero-order valence-electron chi connectivity index (χ0n) is 22.9. The van der Waals surface area contributed by atoms with E-state index in [4.69, 9.17) is 18.9 Å². The van der Waals surface area contributed by atoms with E-state index in [-0.39, 0.29) is 5.56 Å². The molecule has 1 N–H and O–H groups in total. The molecule has 2 aromatic carbocycles. The Morgan fingerprint density at radius 1 is 1.00 bits per heavy atom. The Morgan fingerprint density at radius 2 is 1.73 bits per heavy atom. The number of H-pyrrole nitrogens is 1. The largest absolute Gasteiger partial charge is 0.493 e. The van der Waals surface area contributed by atoms with Crippen LogP contribution >= 0.6 is 0 Å². The summed E-state index contributed by atoms with van der Waals surface area (Å²) in [5, 5.41) is 9.10. The predicted molar refractivity (Wildman–Crippen MR) is 149 cm³/mol. The van der Waals surface area contributed by atoms with Gasteiger partial charge < -0.3 is 18.9 Å². The minimum atomic E-state index is -1.65. The van der Waals surface area contributed by atoms with Crippen molar-refractivity contribution in [2.24, 2.45) is 0 Å². The first-order valence-electron chi connectivity index (χ1n) is 14.1. The highest BCUT2D eigenvalue weighted by atomic mass is 16.7. The van der Waals surface area contributed by atoms with Crippen LogP contribution in [0.25, 0.3) is 10.9 Å². The van der Waals surface area contributed by atoms with Gasteiger partial charge in [0.05, 0.1) is 19.2 Å². The van der Waals surface area contributed by atoms with Gasteiger partial charge in [0.25, 0.3) is 0 Å². The maximum absolute atomic E-state index is 12.8. The highest BCUT2D eigenvalue weighted by Crippen LogP contribution is 2.44. The number of benzene rings is 2. The van der Waals surface area contributed by atoms with Crippen molar-refractivity contribution >= 4 is 28.6 Å². The van der Waals surface area contributed by atoms with Crippen molar-refractivity contribution in [1.29, 1.82) is 0 Å². The second kappa shape index (κ2) is 11.7. The predicted octanol–water partition coefficient (Wildman–Crippen LogP) is 4.31. The lowest BCUT2D eigenvalue weighted by Crippen LogP contribution is -2.42. The third kappa shape index (κ3) is 5.69. The van der Waals surface area contributed by atoms with E-state index in [1.54, 1.807) is 6.07 Å². The van der Waals surface area contributed by atoms with Gasteiger partial charge in [-0.1, -0.05) is 18.2 Å². The first kappa shape index (κ1) is 27.0. The Bertz CT molecular complexity index is 1450. The van der Waals surface area contributed by atoms with Crippen LogP contribution in [0.4, 0.5) is 0 Å². The van der Waals surface area contributed by atoms with E-state index >= 15 is 0 Å². The smallest absolute Gasteiger partial charge is 0.334 e. The molecule has 0 saturated carbocycles. The van der Waals surface area contributed by atoms with Gasteiger partial charge in [-0.25, -0.2) is 9.59 Å². The molecule has 10 heteroatoms. The minimum Gasteiger partial charge on any atom is -0.493 e.